The third-order valence-electron chi connectivity index (χ3n) is 5.70. The van der Waals surface area contributed by atoms with Gasteiger partial charge < -0.3 is 20.0 Å². The summed E-state index contributed by atoms with van der Waals surface area (Å²) in [7, 11) is 0. The molecule has 0 saturated carbocycles. The van der Waals surface area contributed by atoms with Crippen LogP contribution in [0, 0.1) is 0 Å². The smallest absolute Gasteiger partial charge is 0.240 e. The highest BCUT2D eigenvalue weighted by Crippen LogP contribution is 2.26. The van der Waals surface area contributed by atoms with Gasteiger partial charge in [-0.2, -0.15) is 0 Å². The number of fused-ring (bicyclic) bond motifs is 1. The Morgan fingerprint density at radius 2 is 1.75 bits per heavy atom. The van der Waals surface area contributed by atoms with Gasteiger partial charge in [0.15, 0.2) is 0 Å². The summed E-state index contributed by atoms with van der Waals surface area (Å²) < 4.78 is 0. The van der Waals surface area contributed by atoms with Crippen LogP contribution in [-0.4, -0.2) is 74.0 Å². The molecule has 0 spiro atoms. The summed E-state index contributed by atoms with van der Waals surface area (Å²) in [4.78, 5) is 31.5. The quantitative estimate of drug-likeness (QED) is 0.694. The van der Waals surface area contributed by atoms with E-state index in [0.717, 1.165) is 63.2 Å². The van der Waals surface area contributed by atoms with Gasteiger partial charge in [-0.3, -0.25) is 9.59 Å². The van der Waals surface area contributed by atoms with Crippen LogP contribution < -0.4 is 10.2 Å². The molecular weight excluding hydrogens is 352 g/mol. The molecule has 154 valence electrons. The molecule has 0 aliphatic carbocycles. The summed E-state index contributed by atoms with van der Waals surface area (Å²) in [5.41, 5.74) is 2.05. The fourth-order valence-electron chi connectivity index (χ4n) is 4.14. The van der Waals surface area contributed by atoms with E-state index in [9.17, 15) is 9.59 Å². The maximum Gasteiger partial charge on any atom is 0.240 e. The Balaban J connectivity index is 1.39. The highest BCUT2D eigenvalue weighted by molar-refractivity contribution is 5.99. The van der Waals surface area contributed by atoms with E-state index in [1.807, 2.05) is 18.2 Å². The van der Waals surface area contributed by atoms with Gasteiger partial charge in [0.1, 0.15) is 6.54 Å². The second-order valence-electron chi connectivity index (χ2n) is 7.85. The fourth-order valence-corrected chi connectivity index (χ4v) is 4.14. The third kappa shape index (κ3) is 5.79. The molecule has 2 amide bonds. The number of rotatable bonds is 8. The lowest BCUT2D eigenvalue weighted by Crippen LogP contribution is -2.47. The van der Waals surface area contributed by atoms with Crippen molar-refractivity contribution in [3.63, 3.8) is 0 Å². The first-order valence-electron chi connectivity index (χ1n) is 10.8. The second kappa shape index (κ2) is 10.6. The Bertz CT molecular complexity index is 656. The summed E-state index contributed by atoms with van der Waals surface area (Å²) in [6.07, 6.45) is 4.41. The van der Waals surface area contributed by atoms with Crippen LogP contribution in [0.1, 0.15) is 38.2 Å². The van der Waals surface area contributed by atoms with E-state index in [-0.39, 0.29) is 18.4 Å². The molecule has 0 aromatic heterocycles. The Hall–Kier alpha value is -1.92. The average Bonchev–Trinajstić information content (AvgIpc) is 2.86. The number of para-hydroxylation sites is 1. The monoisotopic (exact) mass is 386 g/mol. The lowest BCUT2D eigenvalue weighted by atomic mass is 10.1. The minimum Gasteiger partial charge on any atom is -0.355 e. The lowest BCUT2D eigenvalue weighted by molar-refractivity contribution is -0.123. The molecule has 1 aromatic rings. The molecule has 3 rings (SSSR count). The number of amides is 2. The van der Waals surface area contributed by atoms with Gasteiger partial charge in [-0.15, -0.1) is 0 Å². The number of carbonyl (C=O) groups excluding carboxylic acids is 2. The number of benzene rings is 1. The summed E-state index contributed by atoms with van der Waals surface area (Å²) in [5.74, 6) is -0.0251. The number of piperazine rings is 1. The van der Waals surface area contributed by atoms with Gasteiger partial charge in [-0.25, -0.2) is 0 Å². The van der Waals surface area contributed by atoms with Crippen molar-refractivity contribution in [2.24, 2.45) is 0 Å². The van der Waals surface area contributed by atoms with Crippen molar-refractivity contribution >= 4 is 17.5 Å². The molecule has 1 saturated heterocycles. The van der Waals surface area contributed by atoms with Crippen molar-refractivity contribution in [2.75, 3.05) is 57.3 Å². The van der Waals surface area contributed by atoms with Crippen LogP contribution in [0.15, 0.2) is 24.3 Å². The number of aryl methyl sites for hydroxylation is 1. The van der Waals surface area contributed by atoms with Crippen molar-refractivity contribution in [3.8, 4) is 0 Å². The Morgan fingerprint density at radius 1 is 1.04 bits per heavy atom. The zero-order chi connectivity index (χ0) is 19.8. The number of nitrogens with zero attached hydrogens (tertiary/aromatic N) is 3. The molecule has 0 atom stereocenters. The lowest BCUT2D eigenvalue weighted by Gasteiger charge is -2.34. The summed E-state index contributed by atoms with van der Waals surface area (Å²) >= 11 is 0. The summed E-state index contributed by atoms with van der Waals surface area (Å²) in [6, 6.07) is 7.93. The van der Waals surface area contributed by atoms with Gasteiger partial charge in [0.25, 0.3) is 0 Å². The van der Waals surface area contributed by atoms with E-state index in [2.05, 4.69) is 28.1 Å². The van der Waals surface area contributed by atoms with Crippen molar-refractivity contribution < 1.29 is 9.59 Å². The van der Waals surface area contributed by atoms with E-state index < -0.39 is 0 Å². The molecule has 2 aliphatic heterocycles. The molecule has 6 heteroatoms. The minimum absolute atomic E-state index is 0.0463. The molecule has 0 bridgehead atoms. The Morgan fingerprint density at radius 3 is 2.50 bits per heavy atom. The summed E-state index contributed by atoms with van der Waals surface area (Å²) in [5, 5.41) is 3.00. The number of hydrogen-bond acceptors (Lipinski definition) is 4. The maximum atomic E-state index is 12.5. The molecule has 0 unspecified atom stereocenters. The van der Waals surface area contributed by atoms with Crippen molar-refractivity contribution in [1.29, 1.82) is 0 Å². The number of carbonyl (C=O) groups is 2. The zero-order valence-electron chi connectivity index (χ0n) is 17.2. The first kappa shape index (κ1) is 20.8. The molecule has 1 aromatic carbocycles. The second-order valence-corrected chi connectivity index (χ2v) is 7.85. The molecule has 28 heavy (non-hydrogen) atoms. The SMILES string of the molecule is CCCN1CCN(CCCNC(=O)CN2C(=O)CCCc3ccccc32)CC1. The first-order valence-corrected chi connectivity index (χ1v) is 10.8. The highest BCUT2D eigenvalue weighted by atomic mass is 16.2. The van der Waals surface area contributed by atoms with Gasteiger partial charge in [0, 0.05) is 44.8 Å². The van der Waals surface area contributed by atoms with Gasteiger partial charge in [0.05, 0.1) is 0 Å². The van der Waals surface area contributed by atoms with Crippen LogP contribution in [0.2, 0.25) is 0 Å². The van der Waals surface area contributed by atoms with E-state index in [0.29, 0.717) is 13.0 Å². The molecular formula is C22H34N4O2. The molecule has 1 fully saturated rings. The van der Waals surface area contributed by atoms with Crippen LogP contribution in [-0.2, 0) is 16.0 Å². The number of nitrogens with one attached hydrogen (secondary N) is 1. The maximum absolute atomic E-state index is 12.5. The molecule has 0 radical (unpaired) electrons. The molecule has 6 nitrogen and oxygen atoms in total. The first-order chi connectivity index (χ1) is 13.7. The van der Waals surface area contributed by atoms with E-state index in [1.54, 1.807) is 4.90 Å². The predicted molar refractivity (Wildman–Crippen MR) is 113 cm³/mol. The van der Waals surface area contributed by atoms with Crippen LogP contribution in [0.25, 0.3) is 0 Å². The molecule has 2 aliphatic rings. The number of hydrogen-bond donors (Lipinski definition) is 1. The van der Waals surface area contributed by atoms with Crippen molar-refractivity contribution in [1.82, 2.24) is 15.1 Å². The Labute approximate surface area is 168 Å². The van der Waals surface area contributed by atoms with E-state index >= 15 is 0 Å². The van der Waals surface area contributed by atoms with Crippen LogP contribution >= 0.6 is 0 Å². The van der Waals surface area contributed by atoms with Crippen molar-refractivity contribution in [2.45, 2.75) is 39.0 Å². The van der Waals surface area contributed by atoms with E-state index in [1.165, 1.54) is 13.0 Å². The largest absolute Gasteiger partial charge is 0.355 e. The Kier molecular flexibility index (Phi) is 7.86. The van der Waals surface area contributed by atoms with Gasteiger partial charge in [0.2, 0.25) is 11.8 Å². The zero-order valence-corrected chi connectivity index (χ0v) is 17.2. The van der Waals surface area contributed by atoms with Gasteiger partial charge in [-0.05, 0) is 50.4 Å². The summed E-state index contributed by atoms with van der Waals surface area (Å²) in [6.45, 7) is 9.76. The molecule has 1 N–H and O–H groups in total. The number of anilines is 1. The van der Waals surface area contributed by atoms with Gasteiger partial charge in [-0.1, -0.05) is 25.1 Å². The third-order valence-corrected chi connectivity index (χ3v) is 5.70. The average molecular weight is 387 g/mol. The minimum atomic E-state index is -0.0715. The van der Waals surface area contributed by atoms with Crippen LogP contribution in [0.5, 0.6) is 0 Å². The standard InChI is InChI=1S/C22H34N4O2/c1-2-12-24-14-16-25(17-15-24)13-6-11-23-21(27)18-26-20-9-4-3-7-19(20)8-5-10-22(26)28/h3-4,7,9H,2,5-6,8,10-18H2,1H3,(H,23,27). The van der Waals surface area contributed by atoms with E-state index in [4.69, 9.17) is 0 Å². The fraction of sp³-hybridized carbons (Fsp3) is 0.636. The van der Waals surface area contributed by atoms with Crippen LogP contribution in [0.3, 0.4) is 0 Å². The molecule has 2 heterocycles. The normalized spacial score (nSPS) is 18.6. The van der Waals surface area contributed by atoms with Crippen LogP contribution in [0.4, 0.5) is 5.69 Å². The highest BCUT2D eigenvalue weighted by Gasteiger charge is 2.23. The van der Waals surface area contributed by atoms with Crippen molar-refractivity contribution in [3.05, 3.63) is 29.8 Å². The predicted octanol–water partition coefficient (Wildman–Crippen LogP) is 1.89. The van der Waals surface area contributed by atoms with Gasteiger partial charge >= 0.3 is 0 Å². The topological polar surface area (TPSA) is 55.9 Å².